The minimum Gasteiger partial charge on any atom is -0.294 e. The van der Waals surface area contributed by atoms with Gasteiger partial charge in [-0.2, -0.15) is 0 Å². The number of pyridine rings is 1. The smallest absolute Gasteiger partial charge is 0.138 e. The van der Waals surface area contributed by atoms with Crippen LogP contribution in [0.2, 0.25) is 0 Å². The van der Waals surface area contributed by atoms with E-state index in [1.165, 1.54) is 122 Å². The molecule has 80 heavy (non-hydrogen) atoms. The molecule has 2 aromatic heterocycles. The SMILES string of the molecule is Cc1cc(C)c(-c2c(C)c(-c3ccccc3)c(C)c(-c3ccccc3)c2C)c(C)c1-c1cccc(C2(c3ccccc3)c3ccccc3-c3cc4c5ccccc5n(-c5cc(-c6ccccc6)cc(-c6ccccc6)n5)c4cc32)c1. The third kappa shape index (κ3) is 7.58. The molecule has 2 heteroatoms. The van der Waals surface area contributed by atoms with Crippen molar-refractivity contribution in [3.8, 4) is 83.8 Å². The molecule has 2 heterocycles. The lowest BCUT2D eigenvalue weighted by molar-refractivity contribution is 0.769. The first kappa shape index (κ1) is 48.7. The van der Waals surface area contributed by atoms with Crippen molar-refractivity contribution < 1.29 is 0 Å². The molecule has 2 nitrogen and oxygen atoms in total. The van der Waals surface area contributed by atoms with Gasteiger partial charge in [0.25, 0.3) is 0 Å². The van der Waals surface area contributed by atoms with Gasteiger partial charge in [-0.3, -0.25) is 4.57 Å². The maximum absolute atomic E-state index is 5.57. The van der Waals surface area contributed by atoms with Crippen LogP contribution in [0.1, 0.15) is 55.6 Å². The Bertz CT molecular complexity index is 4430. The highest BCUT2D eigenvalue weighted by molar-refractivity contribution is 6.12. The van der Waals surface area contributed by atoms with Gasteiger partial charge in [-0.1, -0.05) is 218 Å². The zero-order chi connectivity index (χ0) is 54.2. The molecule has 1 aliphatic rings. The van der Waals surface area contributed by atoms with Crippen LogP contribution in [0.15, 0.2) is 255 Å². The van der Waals surface area contributed by atoms with E-state index in [-0.39, 0.29) is 0 Å². The predicted molar refractivity (Wildman–Crippen MR) is 337 cm³/mol. The summed E-state index contributed by atoms with van der Waals surface area (Å²) in [5.41, 5.74) is 31.3. The molecule has 14 rings (SSSR count). The topological polar surface area (TPSA) is 17.8 Å². The van der Waals surface area contributed by atoms with E-state index in [2.05, 4.69) is 301 Å². The van der Waals surface area contributed by atoms with Crippen LogP contribution < -0.4 is 0 Å². The van der Waals surface area contributed by atoms with E-state index in [4.69, 9.17) is 4.98 Å². The number of aryl methyl sites for hydroxylation is 2. The van der Waals surface area contributed by atoms with Crippen LogP contribution in [0, 0.1) is 41.5 Å². The molecule has 1 aliphatic carbocycles. The number of benzene rings is 11. The van der Waals surface area contributed by atoms with E-state index < -0.39 is 5.41 Å². The lowest BCUT2D eigenvalue weighted by Crippen LogP contribution is -2.28. The van der Waals surface area contributed by atoms with Crippen LogP contribution in [0.5, 0.6) is 0 Å². The van der Waals surface area contributed by atoms with E-state index in [0.29, 0.717) is 0 Å². The summed E-state index contributed by atoms with van der Waals surface area (Å²) >= 11 is 0. The van der Waals surface area contributed by atoms with Gasteiger partial charge < -0.3 is 0 Å². The Hall–Kier alpha value is -9.63. The number of hydrogen-bond donors (Lipinski definition) is 0. The van der Waals surface area contributed by atoms with Gasteiger partial charge in [-0.05, 0) is 200 Å². The fraction of sp³-hybridized carbons (Fsp3) is 0.0897. The normalized spacial score (nSPS) is 13.7. The van der Waals surface area contributed by atoms with Crippen LogP contribution in [-0.4, -0.2) is 9.55 Å². The van der Waals surface area contributed by atoms with Crippen molar-refractivity contribution >= 4 is 21.8 Å². The van der Waals surface area contributed by atoms with Gasteiger partial charge >= 0.3 is 0 Å². The van der Waals surface area contributed by atoms with Gasteiger partial charge in [0.05, 0.1) is 22.1 Å². The second-order valence-electron chi connectivity index (χ2n) is 22.0. The summed E-state index contributed by atoms with van der Waals surface area (Å²) in [6.07, 6.45) is 0. The maximum atomic E-state index is 5.57. The number of hydrogen-bond acceptors (Lipinski definition) is 1. The molecule has 382 valence electrons. The van der Waals surface area contributed by atoms with Crippen LogP contribution in [-0.2, 0) is 5.41 Å². The minimum absolute atomic E-state index is 0.679. The Labute approximate surface area is 470 Å². The number of fused-ring (bicyclic) bond motifs is 6. The summed E-state index contributed by atoms with van der Waals surface area (Å²) in [6.45, 7) is 14.0. The van der Waals surface area contributed by atoms with Crippen molar-refractivity contribution in [1.82, 2.24) is 9.55 Å². The molecule has 11 aromatic carbocycles. The standard InChI is InChI=1S/C78H60N2/c1-49-43-50(2)74(77-53(5)75(57-31-16-9-17-32-57)52(4)76(54(77)6)58-33-18-10-19-34-58)51(3)73(49)59-35-26-38-62(44-59)78(61-36-20-11-21-37-61)67-41-24-22-39-63(67)65-47-66-64-40-23-25-42-70(64)80(71(66)48-68(65)78)72-46-60(55-27-12-7-13-28-55)45-69(79-72)56-29-14-8-15-30-56/h7-48H,1-6H3. The lowest BCUT2D eigenvalue weighted by atomic mass is 9.67. The fourth-order valence-corrected chi connectivity index (χ4v) is 14.2. The van der Waals surface area contributed by atoms with Gasteiger partial charge in [0.15, 0.2) is 0 Å². The molecular formula is C78H60N2. The van der Waals surface area contributed by atoms with Gasteiger partial charge in [0.1, 0.15) is 5.82 Å². The van der Waals surface area contributed by atoms with Gasteiger partial charge in [-0.25, -0.2) is 4.98 Å². The highest BCUT2D eigenvalue weighted by Gasteiger charge is 2.47. The first-order valence-corrected chi connectivity index (χ1v) is 28.0. The summed E-state index contributed by atoms with van der Waals surface area (Å²) in [5, 5.41) is 2.40. The molecular weight excluding hydrogens is 965 g/mol. The average Bonchev–Trinajstić information content (AvgIpc) is 4.20. The molecule has 0 aliphatic heterocycles. The minimum atomic E-state index is -0.679. The van der Waals surface area contributed by atoms with Gasteiger partial charge in [-0.15, -0.1) is 0 Å². The molecule has 0 saturated carbocycles. The Morgan fingerprint density at radius 1 is 0.300 bits per heavy atom. The Morgan fingerprint density at radius 2 is 0.812 bits per heavy atom. The van der Waals surface area contributed by atoms with Crippen LogP contribution >= 0.6 is 0 Å². The van der Waals surface area contributed by atoms with Crippen LogP contribution in [0.3, 0.4) is 0 Å². The first-order chi connectivity index (χ1) is 39.2. The fourth-order valence-electron chi connectivity index (χ4n) is 14.2. The van der Waals surface area contributed by atoms with E-state index >= 15 is 0 Å². The molecule has 1 atom stereocenters. The summed E-state index contributed by atoms with van der Waals surface area (Å²) in [5.74, 6) is 0.881. The second kappa shape index (κ2) is 19.4. The second-order valence-corrected chi connectivity index (χ2v) is 22.0. The number of para-hydroxylation sites is 1. The van der Waals surface area contributed by atoms with Crippen molar-refractivity contribution in [3.05, 3.63) is 310 Å². The highest BCUT2D eigenvalue weighted by Crippen LogP contribution is 2.58. The van der Waals surface area contributed by atoms with Crippen LogP contribution in [0.4, 0.5) is 0 Å². The molecule has 0 radical (unpaired) electrons. The molecule has 0 spiro atoms. The molecule has 0 bridgehead atoms. The summed E-state index contributed by atoms with van der Waals surface area (Å²) in [7, 11) is 0. The van der Waals surface area contributed by atoms with E-state index in [9.17, 15) is 0 Å². The number of rotatable bonds is 9. The van der Waals surface area contributed by atoms with E-state index in [1.807, 2.05) is 0 Å². The summed E-state index contributed by atoms with van der Waals surface area (Å²) in [6, 6.07) is 94.0. The largest absolute Gasteiger partial charge is 0.294 e. The summed E-state index contributed by atoms with van der Waals surface area (Å²) < 4.78 is 2.42. The lowest BCUT2D eigenvalue weighted by Gasteiger charge is -2.34. The van der Waals surface area contributed by atoms with Crippen LogP contribution in [0.25, 0.3) is 106 Å². The molecule has 0 saturated heterocycles. The highest BCUT2D eigenvalue weighted by atomic mass is 15.1. The van der Waals surface area contributed by atoms with E-state index in [1.54, 1.807) is 0 Å². The zero-order valence-corrected chi connectivity index (χ0v) is 46.1. The molecule has 0 fully saturated rings. The van der Waals surface area contributed by atoms with Gasteiger partial charge in [0.2, 0.25) is 0 Å². The van der Waals surface area contributed by atoms with Crippen molar-refractivity contribution in [3.63, 3.8) is 0 Å². The third-order valence-electron chi connectivity index (χ3n) is 17.4. The Kier molecular flexibility index (Phi) is 11.8. The average molecular weight is 1030 g/mol. The number of nitrogens with zero attached hydrogens (tertiary/aromatic N) is 2. The van der Waals surface area contributed by atoms with Crippen molar-refractivity contribution in [2.75, 3.05) is 0 Å². The Balaban J connectivity index is 1.02. The monoisotopic (exact) mass is 1020 g/mol. The van der Waals surface area contributed by atoms with Crippen molar-refractivity contribution in [2.45, 2.75) is 47.0 Å². The molecule has 0 N–H and O–H groups in total. The van der Waals surface area contributed by atoms with Crippen molar-refractivity contribution in [2.24, 2.45) is 0 Å². The van der Waals surface area contributed by atoms with Gasteiger partial charge in [0, 0.05) is 16.3 Å². The predicted octanol–water partition coefficient (Wildman–Crippen LogP) is 20.4. The molecule has 0 amide bonds. The Morgan fingerprint density at radius 3 is 1.48 bits per heavy atom. The summed E-state index contributed by atoms with van der Waals surface area (Å²) in [4.78, 5) is 5.57. The molecule has 13 aromatic rings. The third-order valence-corrected chi connectivity index (χ3v) is 17.4. The number of aromatic nitrogens is 2. The van der Waals surface area contributed by atoms with Crippen molar-refractivity contribution in [1.29, 1.82) is 0 Å². The zero-order valence-electron chi connectivity index (χ0n) is 46.1. The van der Waals surface area contributed by atoms with E-state index in [0.717, 1.165) is 39.2 Å². The molecule has 1 unspecified atom stereocenters. The quantitative estimate of drug-likeness (QED) is 0.141. The first-order valence-electron chi connectivity index (χ1n) is 28.0. The maximum Gasteiger partial charge on any atom is 0.138 e.